The second kappa shape index (κ2) is 7.93. The minimum Gasteiger partial charge on any atom is -0.161 e. The molecule has 0 saturated heterocycles. The van der Waals surface area contributed by atoms with Gasteiger partial charge in [0.1, 0.15) is 0 Å². The predicted octanol–water partition coefficient (Wildman–Crippen LogP) is 4.45. The number of hydrogen-bond acceptors (Lipinski definition) is 1. The van der Waals surface area contributed by atoms with Crippen molar-refractivity contribution in [2.24, 2.45) is 5.92 Å². The number of rotatable bonds is 6. The molecule has 0 bridgehead atoms. The van der Waals surface area contributed by atoms with E-state index in [4.69, 9.17) is 0 Å². The van der Waals surface area contributed by atoms with Gasteiger partial charge in [0.2, 0.25) is 0 Å². The highest BCUT2D eigenvalue weighted by atomic mass is 32.2. The quantitative estimate of drug-likeness (QED) is 0.461. The Morgan fingerprint density at radius 3 is 2.57 bits per heavy atom. The molecular formula is C13H22S. The molecule has 80 valence electrons. The van der Waals surface area contributed by atoms with E-state index in [1.807, 2.05) is 11.8 Å². The fraction of sp³-hybridized carbons (Fsp3) is 0.538. The molecule has 1 unspecified atom stereocenters. The van der Waals surface area contributed by atoms with Gasteiger partial charge in [-0.1, -0.05) is 42.9 Å². The number of thioether (sulfide) groups is 1. The second-order valence-electron chi connectivity index (χ2n) is 3.67. The summed E-state index contributed by atoms with van der Waals surface area (Å²) in [4.78, 5) is 0. The summed E-state index contributed by atoms with van der Waals surface area (Å²) in [7, 11) is 0. The summed E-state index contributed by atoms with van der Waals surface area (Å²) >= 11 is 1.85. The summed E-state index contributed by atoms with van der Waals surface area (Å²) in [6.45, 7) is 10.4. The van der Waals surface area contributed by atoms with Crippen molar-refractivity contribution in [3.8, 4) is 0 Å². The van der Waals surface area contributed by atoms with Crippen LogP contribution in [0.4, 0.5) is 0 Å². The Morgan fingerprint density at radius 1 is 1.50 bits per heavy atom. The summed E-state index contributed by atoms with van der Waals surface area (Å²) in [6, 6.07) is 0. The van der Waals surface area contributed by atoms with E-state index in [0.29, 0.717) is 5.92 Å². The predicted molar refractivity (Wildman–Crippen MR) is 69.9 cm³/mol. The van der Waals surface area contributed by atoms with Crippen molar-refractivity contribution in [1.82, 2.24) is 0 Å². The van der Waals surface area contributed by atoms with E-state index in [2.05, 4.69) is 51.8 Å². The maximum absolute atomic E-state index is 3.98. The van der Waals surface area contributed by atoms with E-state index >= 15 is 0 Å². The van der Waals surface area contributed by atoms with Gasteiger partial charge in [0.05, 0.1) is 0 Å². The van der Waals surface area contributed by atoms with Crippen LogP contribution in [-0.4, -0.2) is 12.0 Å². The summed E-state index contributed by atoms with van der Waals surface area (Å²) in [6.07, 6.45) is 9.88. The van der Waals surface area contributed by atoms with Crippen molar-refractivity contribution in [3.63, 3.8) is 0 Å². The molecule has 0 aromatic heterocycles. The topological polar surface area (TPSA) is 0 Å². The molecule has 0 heterocycles. The monoisotopic (exact) mass is 210 g/mol. The molecule has 1 heteroatoms. The summed E-state index contributed by atoms with van der Waals surface area (Å²) < 4.78 is 0. The molecule has 0 fully saturated rings. The molecule has 0 aromatic carbocycles. The van der Waals surface area contributed by atoms with Crippen LogP contribution in [0, 0.1) is 5.92 Å². The lowest BCUT2D eigenvalue weighted by atomic mass is 9.95. The minimum absolute atomic E-state index is 0.583. The Hall–Kier alpha value is -0.430. The van der Waals surface area contributed by atoms with Gasteiger partial charge < -0.3 is 0 Å². The van der Waals surface area contributed by atoms with Gasteiger partial charge in [-0.3, -0.25) is 0 Å². The molecule has 0 aliphatic carbocycles. The molecule has 0 amide bonds. The molecule has 0 aliphatic rings. The third kappa shape index (κ3) is 6.09. The van der Waals surface area contributed by atoms with E-state index in [9.17, 15) is 0 Å². The van der Waals surface area contributed by atoms with Crippen molar-refractivity contribution in [1.29, 1.82) is 0 Å². The Labute approximate surface area is 93.2 Å². The first-order valence-electron chi connectivity index (χ1n) is 5.07. The zero-order valence-corrected chi connectivity index (χ0v) is 10.7. The summed E-state index contributed by atoms with van der Waals surface area (Å²) in [5.41, 5.74) is 2.68. The average Bonchev–Trinajstić information content (AvgIpc) is 2.16. The van der Waals surface area contributed by atoms with Gasteiger partial charge in [-0.2, -0.15) is 11.8 Å². The van der Waals surface area contributed by atoms with Crippen LogP contribution < -0.4 is 0 Å². The van der Waals surface area contributed by atoms with Gasteiger partial charge in [0.15, 0.2) is 0 Å². The van der Waals surface area contributed by atoms with Gasteiger partial charge in [0, 0.05) is 5.75 Å². The van der Waals surface area contributed by atoms with E-state index in [-0.39, 0.29) is 0 Å². The number of allylic oxidation sites excluding steroid dienone is 4. The zero-order valence-electron chi connectivity index (χ0n) is 9.84. The zero-order chi connectivity index (χ0) is 11.0. The third-order valence-electron chi connectivity index (χ3n) is 2.35. The van der Waals surface area contributed by atoms with E-state index in [1.54, 1.807) is 0 Å². The standard InChI is InChI=1S/C13H22S/c1-6-13(8-7-9-14-5)10-12(4)11(2)3/h6-8,12H,2,9-10H2,1,3-5H3/b8-7-,13-6+. The van der Waals surface area contributed by atoms with Crippen LogP contribution in [0.15, 0.2) is 36.0 Å². The van der Waals surface area contributed by atoms with Crippen molar-refractivity contribution in [3.05, 3.63) is 36.0 Å². The molecule has 0 spiro atoms. The van der Waals surface area contributed by atoms with Crippen LogP contribution in [0.25, 0.3) is 0 Å². The minimum atomic E-state index is 0.583. The average molecular weight is 210 g/mol. The van der Waals surface area contributed by atoms with Crippen LogP contribution in [-0.2, 0) is 0 Å². The van der Waals surface area contributed by atoms with Crippen LogP contribution >= 0.6 is 11.8 Å². The van der Waals surface area contributed by atoms with Crippen molar-refractivity contribution in [2.75, 3.05) is 12.0 Å². The van der Waals surface area contributed by atoms with Crippen molar-refractivity contribution >= 4 is 11.8 Å². The first-order valence-corrected chi connectivity index (χ1v) is 6.47. The molecule has 0 nitrogen and oxygen atoms in total. The second-order valence-corrected chi connectivity index (χ2v) is 4.58. The van der Waals surface area contributed by atoms with Crippen molar-refractivity contribution in [2.45, 2.75) is 27.2 Å². The van der Waals surface area contributed by atoms with Gasteiger partial charge in [-0.05, 0) is 32.4 Å². The highest BCUT2D eigenvalue weighted by Crippen LogP contribution is 2.18. The van der Waals surface area contributed by atoms with E-state index in [0.717, 1.165) is 12.2 Å². The third-order valence-corrected chi connectivity index (χ3v) is 2.87. The van der Waals surface area contributed by atoms with Crippen LogP contribution in [0.2, 0.25) is 0 Å². The lowest BCUT2D eigenvalue weighted by Crippen LogP contribution is -1.96. The summed E-state index contributed by atoms with van der Waals surface area (Å²) in [5.74, 6) is 1.68. The maximum Gasteiger partial charge on any atom is 0.0113 e. The lowest BCUT2D eigenvalue weighted by molar-refractivity contribution is 0.682. The Bertz CT molecular complexity index is 223. The first kappa shape index (κ1) is 13.6. The molecule has 1 atom stereocenters. The number of hydrogen-bond donors (Lipinski definition) is 0. The summed E-state index contributed by atoms with van der Waals surface area (Å²) in [5, 5.41) is 0. The highest BCUT2D eigenvalue weighted by molar-refractivity contribution is 7.98. The van der Waals surface area contributed by atoms with E-state index in [1.165, 1.54) is 11.1 Å². The van der Waals surface area contributed by atoms with Gasteiger partial charge in [0.25, 0.3) is 0 Å². The molecule has 0 saturated carbocycles. The Kier molecular flexibility index (Phi) is 7.68. The van der Waals surface area contributed by atoms with Crippen molar-refractivity contribution < 1.29 is 0 Å². The molecule has 14 heavy (non-hydrogen) atoms. The molecular weight excluding hydrogens is 188 g/mol. The van der Waals surface area contributed by atoms with Crippen LogP contribution in [0.5, 0.6) is 0 Å². The molecule has 0 aliphatic heterocycles. The molecule has 0 rings (SSSR count). The van der Waals surface area contributed by atoms with Gasteiger partial charge >= 0.3 is 0 Å². The van der Waals surface area contributed by atoms with Gasteiger partial charge in [-0.25, -0.2) is 0 Å². The molecule has 0 N–H and O–H groups in total. The fourth-order valence-corrected chi connectivity index (χ4v) is 1.39. The lowest BCUT2D eigenvalue weighted by Gasteiger charge is -2.11. The fourth-order valence-electron chi connectivity index (χ4n) is 1.11. The van der Waals surface area contributed by atoms with E-state index < -0.39 is 0 Å². The maximum atomic E-state index is 3.98. The smallest absolute Gasteiger partial charge is 0.0113 e. The van der Waals surface area contributed by atoms with Crippen LogP contribution in [0.3, 0.4) is 0 Å². The largest absolute Gasteiger partial charge is 0.161 e. The van der Waals surface area contributed by atoms with Crippen LogP contribution in [0.1, 0.15) is 27.2 Å². The molecule has 0 radical (unpaired) electrons. The Balaban J connectivity index is 4.11. The normalized spacial score (nSPS) is 14.7. The van der Waals surface area contributed by atoms with Gasteiger partial charge in [-0.15, -0.1) is 0 Å². The first-order chi connectivity index (χ1) is 6.61. The molecule has 0 aromatic rings. The highest BCUT2D eigenvalue weighted by Gasteiger charge is 2.03. The SMILES string of the molecule is C=C(C)C(C)CC(/C=C\CSC)=C/C. The Morgan fingerprint density at radius 2 is 2.14 bits per heavy atom.